The summed E-state index contributed by atoms with van der Waals surface area (Å²) < 4.78 is 10.4. The zero-order valence-electron chi connectivity index (χ0n) is 15.6. The predicted octanol–water partition coefficient (Wildman–Crippen LogP) is 2.15. The molecule has 146 valence electrons. The number of fused-ring (bicyclic) bond motifs is 1. The maximum absolute atomic E-state index is 12.1. The van der Waals surface area contributed by atoms with Crippen molar-refractivity contribution in [2.75, 3.05) is 25.6 Å². The van der Waals surface area contributed by atoms with Gasteiger partial charge in [-0.1, -0.05) is 30.3 Å². The Morgan fingerprint density at radius 3 is 2.64 bits per heavy atom. The minimum atomic E-state index is -0.618. The molecule has 0 spiro atoms. The Labute approximate surface area is 163 Å². The number of anilines is 1. The second-order valence-electron chi connectivity index (χ2n) is 6.55. The second kappa shape index (κ2) is 9.03. The number of hydrogen-bond donors (Lipinski definition) is 1. The Balaban J connectivity index is 1.42. The van der Waals surface area contributed by atoms with E-state index in [1.54, 1.807) is 25.2 Å². The van der Waals surface area contributed by atoms with E-state index in [9.17, 15) is 14.4 Å². The molecule has 2 aromatic carbocycles. The predicted molar refractivity (Wildman–Crippen MR) is 103 cm³/mol. The van der Waals surface area contributed by atoms with E-state index in [1.807, 2.05) is 30.3 Å². The van der Waals surface area contributed by atoms with E-state index in [0.717, 1.165) is 16.8 Å². The van der Waals surface area contributed by atoms with Crippen LogP contribution in [-0.2, 0) is 32.1 Å². The summed E-state index contributed by atoms with van der Waals surface area (Å²) >= 11 is 0. The minimum absolute atomic E-state index is 0.00774. The molecular weight excluding hydrogens is 360 g/mol. The molecular formula is C21H22N2O5. The van der Waals surface area contributed by atoms with Crippen molar-refractivity contribution >= 4 is 23.5 Å². The highest BCUT2D eigenvalue weighted by molar-refractivity contribution is 5.94. The molecule has 0 fully saturated rings. The van der Waals surface area contributed by atoms with Crippen molar-refractivity contribution in [1.82, 2.24) is 4.90 Å². The zero-order valence-corrected chi connectivity index (χ0v) is 15.6. The molecule has 1 heterocycles. The van der Waals surface area contributed by atoms with Crippen LogP contribution in [0, 0.1) is 0 Å². The van der Waals surface area contributed by atoms with Crippen LogP contribution in [0.2, 0.25) is 0 Å². The van der Waals surface area contributed by atoms with E-state index in [4.69, 9.17) is 9.47 Å². The molecule has 28 heavy (non-hydrogen) atoms. The third-order valence-electron chi connectivity index (χ3n) is 4.37. The smallest absolute Gasteiger partial charge is 0.344 e. The molecule has 0 atom stereocenters. The molecule has 0 unspecified atom stereocenters. The summed E-state index contributed by atoms with van der Waals surface area (Å²) in [6.07, 6.45) is 1.06. The summed E-state index contributed by atoms with van der Waals surface area (Å²) in [5.74, 6) is -0.403. The van der Waals surface area contributed by atoms with Crippen molar-refractivity contribution < 1.29 is 23.9 Å². The molecule has 7 nitrogen and oxygen atoms in total. The number of nitrogens with zero attached hydrogens (tertiary/aromatic N) is 1. The van der Waals surface area contributed by atoms with Gasteiger partial charge in [-0.2, -0.15) is 0 Å². The molecule has 1 aliphatic heterocycles. The molecule has 1 aliphatic rings. The first-order valence-corrected chi connectivity index (χ1v) is 9.00. The number of nitrogens with one attached hydrogen (secondary N) is 1. The maximum Gasteiger partial charge on any atom is 0.344 e. The van der Waals surface area contributed by atoms with Crippen LogP contribution < -0.4 is 10.1 Å². The Kier molecular flexibility index (Phi) is 6.26. The Morgan fingerprint density at radius 2 is 1.86 bits per heavy atom. The number of benzene rings is 2. The van der Waals surface area contributed by atoms with Gasteiger partial charge in [0.2, 0.25) is 5.91 Å². The lowest BCUT2D eigenvalue weighted by atomic mass is 10.0. The molecule has 2 aromatic rings. The van der Waals surface area contributed by atoms with Gasteiger partial charge in [0.05, 0.1) is 0 Å². The van der Waals surface area contributed by atoms with Crippen molar-refractivity contribution in [1.29, 1.82) is 0 Å². The van der Waals surface area contributed by atoms with E-state index in [0.29, 0.717) is 25.1 Å². The van der Waals surface area contributed by atoms with Crippen LogP contribution in [0.3, 0.4) is 0 Å². The average Bonchev–Trinajstić information content (AvgIpc) is 2.71. The molecule has 3 rings (SSSR count). The van der Waals surface area contributed by atoms with Gasteiger partial charge in [0, 0.05) is 25.7 Å². The highest BCUT2D eigenvalue weighted by Gasteiger charge is 2.16. The Morgan fingerprint density at radius 1 is 1.07 bits per heavy atom. The second-order valence-corrected chi connectivity index (χ2v) is 6.55. The number of ether oxygens (including phenoxy) is 2. The summed E-state index contributed by atoms with van der Waals surface area (Å²) in [4.78, 5) is 36.8. The molecule has 2 amide bonds. The Hall–Kier alpha value is -3.35. The first kappa shape index (κ1) is 19.4. The molecule has 0 bridgehead atoms. The van der Waals surface area contributed by atoms with E-state index in [1.165, 1.54) is 4.90 Å². The number of carbonyl (C=O) groups is 3. The van der Waals surface area contributed by atoms with E-state index in [2.05, 4.69) is 5.32 Å². The molecule has 1 N–H and O–H groups in total. The standard InChI is InChI=1S/C21H22N2O5/c1-23(12-15-5-3-2-4-6-15)20(25)13-28-21(26)14-27-17-8-9-18-16(11-17)7-10-19(24)22-18/h2-6,8-9,11H,7,10,12-14H2,1H3,(H,22,24). The fraction of sp³-hybridized carbons (Fsp3) is 0.286. The monoisotopic (exact) mass is 382 g/mol. The lowest BCUT2D eigenvalue weighted by Gasteiger charge is -2.18. The van der Waals surface area contributed by atoms with Gasteiger partial charge in [-0.25, -0.2) is 4.79 Å². The van der Waals surface area contributed by atoms with Gasteiger partial charge in [0.15, 0.2) is 13.2 Å². The maximum atomic E-state index is 12.1. The van der Waals surface area contributed by atoms with Crippen molar-refractivity contribution in [3.8, 4) is 5.75 Å². The highest BCUT2D eigenvalue weighted by Crippen LogP contribution is 2.26. The van der Waals surface area contributed by atoms with Crippen molar-refractivity contribution in [2.24, 2.45) is 0 Å². The van der Waals surface area contributed by atoms with Crippen LogP contribution >= 0.6 is 0 Å². The summed E-state index contributed by atoms with van der Waals surface area (Å²) in [5.41, 5.74) is 2.72. The minimum Gasteiger partial charge on any atom is -0.482 e. The van der Waals surface area contributed by atoms with Crippen LogP contribution in [-0.4, -0.2) is 42.9 Å². The fourth-order valence-electron chi connectivity index (χ4n) is 2.83. The van der Waals surface area contributed by atoms with E-state index < -0.39 is 5.97 Å². The first-order chi connectivity index (χ1) is 13.5. The van der Waals surface area contributed by atoms with Gasteiger partial charge in [-0.3, -0.25) is 9.59 Å². The molecule has 7 heteroatoms. The van der Waals surface area contributed by atoms with Crippen molar-refractivity contribution in [3.05, 3.63) is 59.7 Å². The number of aryl methyl sites for hydroxylation is 1. The number of hydrogen-bond acceptors (Lipinski definition) is 5. The van der Waals surface area contributed by atoms with Crippen molar-refractivity contribution in [3.63, 3.8) is 0 Å². The van der Waals surface area contributed by atoms with Crippen LogP contribution in [0.15, 0.2) is 48.5 Å². The van der Waals surface area contributed by atoms with Crippen LogP contribution in [0.5, 0.6) is 5.75 Å². The molecule has 0 radical (unpaired) electrons. The quantitative estimate of drug-likeness (QED) is 0.742. The van der Waals surface area contributed by atoms with Gasteiger partial charge in [-0.15, -0.1) is 0 Å². The number of carbonyl (C=O) groups excluding carboxylic acids is 3. The summed E-state index contributed by atoms with van der Waals surface area (Å²) in [5, 5.41) is 2.78. The fourth-order valence-corrected chi connectivity index (χ4v) is 2.83. The summed E-state index contributed by atoms with van der Waals surface area (Å²) in [6.45, 7) is -0.179. The third kappa shape index (κ3) is 5.33. The molecule has 0 aromatic heterocycles. The van der Waals surface area contributed by atoms with Gasteiger partial charge in [0.1, 0.15) is 5.75 Å². The van der Waals surface area contributed by atoms with E-state index in [-0.39, 0.29) is 25.0 Å². The molecule has 0 aliphatic carbocycles. The number of amides is 2. The average molecular weight is 382 g/mol. The summed E-state index contributed by atoms with van der Waals surface area (Å²) in [6, 6.07) is 14.8. The summed E-state index contributed by atoms with van der Waals surface area (Å²) in [7, 11) is 1.66. The van der Waals surface area contributed by atoms with Gasteiger partial charge >= 0.3 is 5.97 Å². The number of rotatable bonds is 7. The first-order valence-electron chi connectivity index (χ1n) is 9.00. The topological polar surface area (TPSA) is 84.9 Å². The van der Waals surface area contributed by atoms with Crippen LogP contribution in [0.1, 0.15) is 17.5 Å². The normalized spacial score (nSPS) is 12.5. The molecule has 0 saturated heterocycles. The number of esters is 1. The van der Waals surface area contributed by atoms with Gasteiger partial charge in [0.25, 0.3) is 5.91 Å². The number of likely N-dealkylation sites (N-methyl/N-ethyl adjacent to an activating group) is 1. The Bertz CT molecular complexity index is 866. The van der Waals surface area contributed by atoms with Crippen LogP contribution in [0.25, 0.3) is 0 Å². The molecule has 0 saturated carbocycles. The third-order valence-corrected chi connectivity index (χ3v) is 4.37. The van der Waals surface area contributed by atoms with Gasteiger partial charge in [-0.05, 0) is 35.7 Å². The largest absolute Gasteiger partial charge is 0.482 e. The zero-order chi connectivity index (χ0) is 19.9. The lowest BCUT2D eigenvalue weighted by Crippen LogP contribution is -2.31. The SMILES string of the molecule is CN(Cc1ccccc1)C(=O)COC(=O)COc1ccc2c(c1)CCC(=O)N2. The van der Waals surface area contributed by atoms with Crippen molar-refractivity contribution in [2.45, 2.75) is 19.4 Å². The van der Waals surface area contributed by atoms with Gasteiger partial charge < -0.3 is 19.7 Å². The van der Waals surface area contributed by atoms with E-state index >= 15 is 0 Å². The van der Waals surface area contributed by atoms with Crippen LogP contribution in [0.4, 0.5) is 5.69 Å². The lowest BCUT2D eigenvalue weighted by molar-refractivity contribution is -0.153. The highest BCUT2D eigenvalue weighted by atomic mass is 16.6.